The summed E-state index contributed by atoms with van der Waals surface area (Å²) in [5, 5.41) is 34.0. The predicted octanol–water partition coefficient (Wildman–Crippen LogP) is 8.12. The van der Waals surface area contributed by atoms with Crippen molar-refractivity contribution in [1.29, 1.82) is 0 Å². The molecule has 4 aromatic carbocycles. The first-order valence-electron chi connectivity index (χ1n) is 20.8. The van der Waals surface area contributed by atoms with E-state index in [1.807, 2.05) is 140 Å². The molecule has 0 unspecified atom stereocenters. The van der Waals surface area contributed by atoms with E-state index in [0.717, 1.165) is 95.0 Å². The van der Waals surface area contributed by atoms with E-state index in [-0.39, 0.29) is 0 Å². The van der Waals surface area contributed by atoms with Gasteiger partial charge in [-0.25, -0.2) is 39.1 Å². The minimum atomic E-state index is -0.938. The number of hydrogen-bond acceptors (Lipinski definition) is 8. The van der Waals surface area contributed by atoms with Gasteiger partial charge in [0.15, 0.2) is 0 Å². The smallest absolute Gasteiger partial charge is 0.328 e. The van der Waals surface area contributed by atoms with Gasteiger partial charge in [-0.15, -0.1) is 0 Å². The first kappa shape index (κ1) is 49.6. The highest BCUT2D eigenvalue weighted by molar-refractivity contribution is 5.86. The summed E-state index contributed by atoms with van der Waals surface area (Å²) in [5.41, 5.74) is 8.10. The third kappa shape index (κ3) is 19.5. The first-order chi connectivity index (χ1) is 32.9. The van der Waals surface area contributed by atoms with E-state index in [9.17, 15) is 19.2 Å². The molecule has 0 saturated carbocycles. The van der Waals surface area contributed by atoms with E-state index in [0.29, 0.717) is 0 Å². The van der Waals surface area contributed by atoms with Crippen molar-refractivity contribution in [2.45, 2.75) is 26.2 Å². The van der Waals surface area contributed by atoms with Crippen molar-refractivity contribution in [3.8, 4) is 0 Å². The monoisotopic (exact) mass is 912 g/mol. The molecule has 0 aliphatic carbocycles. The van der Waals surface area contributed by atoms with Crippen molar-refractivity contribution in [1.82, 2.24) is 38.2 Å². The molecule has 16 nitrogen and oxygen atoms in total. The lowest BCUT2D eigenvalue weighted by atomic mass is 10.1. The third-order valence-corrected chi connectivity index (χ3v) is 9.29. The summed E-state index contributed by atoms with van der Waals surface area (Å²) >= 11 is 0. The van der Waals surface area contributed by atoms with Gasteiger partial charge in [0, 0.05) is 100 Å². The fourth-order valence-corrected chi connectivity index (χ4v) is 5.97. The van der Waals surface area contributed by atoms with Crippen molar-refractivity contribution in [2.75, 3.05) is 0 Å². The Morgan fingerprint density at radius 1 is 0.338 bits per heavy atom. The maximum absolute atomic E-state index is 10.4. The van der Waals surface area contributed by atoms with Crippen LogP contribution >= 0.6 is 0 Å². The van der Waals surface area contributed by atoms with Crippen LogP contribution in [0, 0.1) is 0 Å². The van der Waals surface area contributed by atoms with Gasteiger partial charge in [0.05, 0.1) is 25.3 Å². The van der Waals surface area contributed by atoms with Gasteiger partial charge < -0.3 is 38.7 Å². The predicted molar refractivity (Wildman–Crippen MR) is 258 cm³/mol. The Balaban J connectivity index is 0.000000169. The van der Waals surface area contributed by atoms with Gasteiger partial charge in [0.1, 0.15) is 0 Å². The Bertz CT molecular complexity index is 2450. The van der Waals surface area contributed by atoms with Crippen LogP contribution in [0.15, 0.2) is 196 Å². The lowest BCUT2D eigenvalue weighted by Crippen LogP contribution is -1.95. The summed E-state index contributed by atoms with van der Waals surface area (Å²) < 4.78 is 7.90. The molecule has 0 aliphatic heterocycles. The summed E-state index contributed by atoms with van der Waals surface area (Å²) in [7, 11) is 0. The summed E-state index contributed by atoms with van der Waals surface area (Å²) in [6, 6.07) is 30.9. The minimum Gasteiger partial charge on any atom is -0.478 e. The second-order valence-electron chi connectivity index (χ2n) is 14.6. The number of aromatic nitrogens is 8. The normalized spacial score (nSPS) is 10.8. The zero-order valence-corrected chi connectivity index (χ0v) is 36.6. The molecule has 8 rings (SSSR count). The average molecular weight is 913 g/mol. The molecule has 4 heterocycles. The molecule has 68 heavy (non-hydrogen) atoms. The number of carboxylic acids is 4. The molecule has 16 heteroatoms. The molecule has 0 aliphatic rings. The molecular weight excluding hydrogens is 865 g/mol. The zero-order chi connectivity index (χ0) is 48.4. The zero-order valence-electron chi connectivity index (χ0n) is 36.6. The number of aliphatic carboxylic acids is 4. The van der Waals surface area contributed by atoms with Crippen molar-refractivity contribution >= 4 is 48.2 Å². The van der Waals surface area contributed by atoms with Gasteiger partial charge in [-0.2, -0.15) is 0 Å². The molecule has 4 aromatic heterocycles. The van der Waals surface area contributed by atoms with Gasteiger partial charge >= 0.3 is 23.9 Å². The molecule has 0 fully saturated rings. The number of carbonyl (C=O) groups is 4. The molecule has 344 valence electrons. The van der Waals surface area contributed by atoms with Crippen molar-refractivity contribution in [3.05, 3.63) is 241 Å². The number of rotatable bonds is 16. The molecule has 0 radical (unpaired) electrons. The van der Waals surface area contributed by atoms with Crippen molar-refractivity contribution < 1.29 is 39.6 Å². The van der Waals surface area contributed by atoms with E-state index < -0.39 is 23.9 Å². The lowest BCUT2D eigenvalue weighted by Gasteiger charge is -2.02. The van der Waals surface area contributed by atoms with Crippen LogP contribution in [0.2, 0.25) is 0 Å². The van der Waals surface area contributed by atoms with Crippen LogP contribution in [-0.2, 0) is 45.4 Å². The Hall–Kier alpha value is -9.44. The van der Waals surface area contributed by atoms with E-state index in [2.05, 4.69) is 19.9 Å². The Kier molecular flexibility index (Phi) is 19.7. The standard InChI is InChI=1S/4C13H12N2O2/c4*16-13(17)6-5-11-1-3-12(4-2-11)9-15-8-7-14-10-15/h4*1-8,10H,9H2,(H,16,17)/b4*6-5+. The highest BCUT2D eigenvalue weighted by Crippen LogP contribution is 2.11. The molecule has 8 aromatic rings. The number of imidazole rings is 4. The van der Waals surface area contributed by atoms with Crippen LogP contribution in [0.3, 0.4) is 0 Å². The fraction of sp³-hybridized carbons (Fsp3) is 0.0769. The minimum absolute atomic E-state index is 0.767. The number of nitrogens with zero attached hydrogens (tertiary/aromatic N) is 8. The Morgan fingerprint density at radius 2 is 0.529 bits per heavy atom. The first-order valence-corrected chi connectivity index (χ1v) is 20.8. The van der Waals surface area contributed by atoms with Gasteiger partial charge in [-0.3, -0.25) is 0 Å². The van der Waals surface area contributed by atoms with E-state index in [1.165, 1.54) is 0 Å². The quantitative estimate of drug-likeness (QED) is 0.0676. The molecular formula is C52H48N8O8. The molecule has 0 spiro atoms. The van der Waals surface area contributed by atoms with E-state index in [4.69, 9.17) is 20.4 Å². The average Bonchev–Trinajstić information content (AvgIpc) is 4.21. The van der Waals surface area contributed by atoms with Gasteiger partial charge in [0.2, 0.25) is 0 Å². The van der Waals surface area contributed by atoms with Gasteiger partial charge in [-0.05, 0) is 68.8 Å². The van der Waals surface area contributed by atoms with Crippen LogP contribution in [0.25, 0.3) is 24.3 Å². The molecule has 0 atom stereocenters. The largest absolute Gasteiger partial charge is 0.478 e. The molecule has 0 saturated heterocycles. The Morgan fingerprint density at radius 3 is 0.676 bits per heavy atom. The van der Waals surface area contributed by atoms with E-state index in [1.54, 1.807) is 74.4 Å². The SMILES string of the molecule is O=C(O)/C=C/c1ccc(Cn2ccnc2)cc1.O=C(O)/C=C/c1ccc(Cn2ccnc2)cc1.O=C(O)/C=C/c1ccc(Cn2ccnc2)cc1.O=C(O)/C=C/c1ccc(Cn2ccnc2)cc1. The van der Waals surface area contributed by atoms with Crippen LogP contribution in [-0.4, -0.2) is 82.5 Å². The fourth-order valence-electron chi connectivity index (χ4n) is 5.97. The molecule has 4 N–H and O–H groups in total. The third-order valence-electron chi connectivity index (χ3n) is 9.29. The van der Waals surface area contributed by atoms with Crippen LogP contribution in [0.4, 0.5) is 0 Å². The summed E-state index contributed by atoms with van der Waals surface area (Å²) in [4.78, 5) is 57.3. The van der Waals surface area contributed by atoms with Gasteiger partial charge in [-0.1, -0.05) is 97.1 Å². The van der Waals surface area contributed by atoms with E-state index >= 15 is 0 Å². The number of carboxylic acid groups (broad SMARTS) is 4. The van der Waals surface area contributed by atoms with Crippen LogP contribution in [0.1, 0.15) is 44.5 Å². The maximum Gasteiger partial charge on any atom is 0.328 e. The second kappa shape index (κ2) is 27.0. The van der Waals surface area contributed by atoms with Crippen LogP contribution < -0.4 is 0 Å². The lowest BCUT2D eigenvalue weighted by molar-refractivity contribution is -0.132. The molecule has 0 bridgehead atoms. The second-order valence-corrected chi connectivity index (χ2v) is 14.6. The van der Waals surface area contributed by atoms with Crippen LogP contribution in [0.5, 0.6) is 0 Å². The summed E-state index contributed by atoms with van der Waals surface area (Å²) in [6.45, 7) is 3.07. The summed E-state index contributed by atoms with van der Waals surface area (Å²) in [5.74, 6) is -3.75. The number of hydrogen-bond donors (Lipinski definition) is 4. The van der Waals surface area contributed by atoms with Gasteiger partial charge in [0.25, 0.3) is 0 Å². The maximum atomic E-state index is 10.4. The number of benzene rings is 4. The van der Waals surface area contributed by atoms with Crippen molar-refractivity contribution in [3.63, 3.8) is 0 Å². The Labute approximate surface area is 391 Å². The van der Waals surface area contributed by atoms with Crippen molar-refractivity contribution in [2.24, 2.45) is 0 Å². The summed E-state index contributed by atoms with van der Waals surface area (Å²) in [6.07, 6.45) is 32.4. The highest BCUT2D eigenvalue weighted by Gasteiger charge is 1.99. The molecule has 0 amide bonds. The highest BCUT2D eigenvalue weighted by atomic mass is 16.4. The topological polar surface area (TPSA) is 220 Å².